The smallest absolute Gasteiger partial charge is 0.415 e. The highest BCUT2D eigenvalue weighted by Crippen LogP contribution is 2.31. The third-order valence-corrected chi connectivity index (χ3v) is 9.16. The summed E-state index contributed by atoms with van der Waals surface area (Å²) in [7, 11) is 0. The van der Waals surface area contributed by atoms with Gasteiger partial charge in [0.25, 0.3) is 0 Å². The van der Waals surface area contributed by atoms with Gasteiger partial charge in [0, 0.05) is 77.6 Å². The van der Waals surface area contributed by atoms with E-state index in [9.17, 15) is 19.5 Å². The Bertz CT molecular complexity index is 2000. The average molecular weight is 675 g/mol. The highest BCUT2D eigenvalue weighted by Gasteiger charge is 2.25. The standard InChI is InChI=1S/C39H38N4O7/c44-34-23-32(50-39(47)43-21-17-41(18-22-43)26-29-9-5-2-6-10-29)24-35-36(34)37(45)33(27-48-35)30-11-13-31(14-12-30)49-38(46)42-19-15-40(16-20-42)25-28-7-3-1-4-8-28/h1-14,23-24,27,44H,15-22,25-26H2. The zero-order valence-electron chi connectivity index (χ0n) is 27.6. The quantitative estimate of drug-likeness (QED) is 0.229. The number of amides is 2. The minimum Gasteiger partial charge on any atom is -0.507 e. The third kappa shape index (κ3) is 7.64. The Hall–Kier alpha value is -5.65. The summed E-state index contributed by atoms with van der Waals surface area (Å²) in [6.45, 7) is 6.73. The summed E-state index contributed by atoms with van der Waals surface area (Å²) >= 11 is 0. The number of carbonyl (C=O) groups is 2. The van der Waals surface area contributed by atoms with Crippen LogP contribution < -0.4 is 14.9 Å². The number of hydrogen-bond acceptors (Lipinski definition) is 9. The van der Waals surface area contributed by atoms with E-state index in [1.165, 1.54) is 29.5 Å². The molecular formula is C39H38N4O7. The van der Waals surface area contributed by atoms with Gasteiger partial charge in [-0.05, 0) is 28.8 Å². The van der Waals surface area contributed by atoms with Gasteiger partial charge in [0.15, 0.2) is 0 Å². The summed E-state index contributed by atoms with van der Waals surface area (Å²) in [5.74, 6) is 0.0666. The number of piperazine rings is 2. The molecule has 7 rings (SSSR count). The maximum Gasteiger partial charge on any atom is 0.415 e. The molecule has 1 N–H and O–H groups in total. The molecule has 1 aromatic heterocycles. The van der Waals surface area contributed by atoms with Crippen molar-refractivity contribution in [2.24, 2.45) is 0 Å². The maximum absolute atomic E-state index is 13.5. The number of phenols is 1. The van der Waals surface area contributed by atoms with E-state index < -0.39 is 17.6 Å². The molecule has 0 spiro atoms. The first-order chi connectivity index (χ1) is 24.4. The summed E-state index contributed by atoms with van der Waals surface area (Å²) in [5.41, 5.74) is 2.84. The second-order valence-corrected chi connectivity index (χ2v) is 12.6. The molecule has 3 heterocycles. The van der Waals surface area contributed by atoms with Gasteiger partial charge in [0.2, 0.25) is 5.43 Å². The Morgan fingerprint density at radius 2 is 1.14 bits per heavy atom. The Labute approximate surface area is 289 Å². The van der Waals surface area contributed by atoms with E-state index in [4.69, 9.17) is 13.9 Å². The predicted molar refractivity (Wildman–Crippen MR) is 188 cm³/mol. The molecule has 11 nitrogen and oxygen atoms in total. The van der Waals surface area contributed by atoms with Gasteiger partial charge in [-0.2, -0.15) is 0 Å². The van der Waals surface area contributed by atoms with Gasteiger partial charge < -0.3 is 28.8 Å². The summed E-state index contributed by atoms with van der Waals surface area (Å²) in [6.07, 6.45) is 0.347. The number of ether oxygens (including phenoxy) is 2. The Balaban J connectivity index is 0.943. The average Bonchev–Trinajstić information content (AvgIpc) is 3.13. The van der Waals surface area contributed by atoms with Crippen molar-refractivity contribution in [3.05, 3.63) is 125 Å². The van der Waals surface area contributed by atoms with Crippen molar-refractivity contribution >= 4 is 23.2 Å². The van der Waals surface area contributed by atoms with Crippen molar-refractivity contribution in [2.75, 3.05) is 52.4 Å². The largest absolute Gasteiger partial charge is 0.507 e. The molecule has 0 radical (unpaired) electrons. The molecule has 0 unspecified atom stereocenters. The number of fused-ring (bicyclic) bond motifs is 1. The second-order valence-electron chi connectivity index (χ2n) is 12.6. The van der Waals surface area contributed by atoms with Crippen LogP contribution in [-0.2, 0) is 13.1 Å². The number of rotatable bonds is 7. The molecule has 0 bridgehead atoms. The molecule has 2 saturated heterocycles. The summed E-state index contributed by atoms with van der Waals surface area (Å²) in [6, 6.07) is 29.7. The van der Waals surface area contributed by atoms with Gasteiger partial charge in [-0.25, -0.2) is 9.59 Å². The molecular weight excluding hydrogens is 636 g/mol. The van der Waals surface area contributed by atoms with Crippen LogP contribution in [-0.4, -0.2) is 89.3 Å². The number of hydrogen-bond donors (Lipinski definition) is 1. The zero-order chi connectivity index (χ0) is 34.5. The molecule has 2 fully saturated rings. The van der Waals surface area contributed by atoms with Crippen LogP contribution >= 0.6 is 0 Å². The molecule has 2 aliphatic rings. The topological polar surface area (TPSA) is 116 Å². The van der Waals surface area contributed by atoms with Gasteiger partial charge in [-0.3, -0.25) is 14.6 Å². The van der Waals surface area contributed by atoms with Crippen LogP contribution in [0.25, 0.3) is 22.1 Å². The molecule has 2 aliphatic heterocycles. The molecule has 0 atom stereocenters. The lowest BCUT2D eigenvalue weighted by Crippen LogP contribution is -2.49. The normalized spacial score (nSPS) is 15.6. The van der Waals surface area contributed by atoms with Gasteiger partial charge in [0.05, 0.1) is 5.56 Å². The molecule has 11 heteroatoms. The van der Waals surface area contributed by atoms with Crippen molar-refractivity contribution in [1.29, 1.82) is 0 Å². The number of aromatic hydroxyl groups is 1. The van der Waals surface area contributed by atoms with E-state index in [1.807, 2.05) is 36.4 Å². The van der Waals surface area contributed by atoms with Crippen molar-refractivity contribution < 1.29 is 28.6 Å². The van der Waals surface area contributed by atoms with Crippen molar-refractivity contribution in [2.45, 2.75) is 13.1 Å². The minimum atomic E-state index is -0.534. The van der Waals surface area contributed by atoms with Crippen LogP contribution in [0.5, 0.6) is 17.2 Å². The zero-order valence-corrected chi connectivity index (χ0v) is 27.6. The van der Waals surface area contributed by atoms with Crippen molar-refractivity contribution in [1.82, 2.24) is 19.6 Å². The van der Waals surface area contributed by atoms with E-state index in [-0.39, 0.29) is 28.0 Å². The lowest BCUT2D eigenvalue weighted by molar-refractivity contribution is 0.107. The van der Waals surface area contributed by atoms with E-state index in [0.717, 1.165) is 26.2 Å². The van der Waals surface area contributed by atoms with Crippen LogP contribution in [0.15, 0.2) is 113 Å². The van der Waals surface area contributed by atoms with Gasteiger partial charge in [-0.1, -0.05) is 72.8 Å². The predicted octanol–water partition coefficient (Wildman–Crippen LogP) is 5.80. The van der Waals surface area contributed by atoms with Crippen LogP contribution in [0.1, 0.15) is 11.1 Å². The van der Waals surface area contributed by atoms with E-state index in [2.05, 4.69) is 34.1 Å². The monoisotopic (exact) mass is 674 g/mol. The second kappa shape index (κ2) is 14.9. The number of phenolic OH excluding ortho intramolecular Hbond substituents is 1. The molecule has 50 heavy (non-hydrogen) atoms. The Morgan fingerprint density at radius 3 is 1.66 bits per heavy atom. The van der Waals surface area contributed by atoms with Crippen LogP contribution in [0.3, 0.4) is 0 Å². The van der Waals surface area contributed by atoms with Crippen molar-refractivity contribution in [3.63, 3.8) is 0 Å². The summed E-state index contributed by atoms with van der Waals surface area (Å²) in [5, 5.41) is 10.8. The third-order valence-electron chi connectivity index (χ3n) is 9.16. The number of benzene rings is 4. The van der Waals surface area contributed by atoms with E-state index in [1.54, 1.807) is 34.1 Å². The first-order valence-electron chi connectivity index (χ1n) is 16.7. The summed E-state index contributed by atoms with van der Waals surface area (Å²) < 4.78 is 16.9. The molecule has 2 amide bonds. The lowest BCUT2D eigenvalue weighted by atomic mass is 10.0. The van der Waals surface area contributed by atoms with Gasteiger partial charge in [-0.15, -0.1) is 0 Å². The molecule has 5 aromatic rings. The Kier molecular flexibility index (Phi) is 9.77. The van der Waals surface area contributed by atoms with Crippen LogP contribution in [0.4, 0.5) is 9.59 Å². The van der Waals surface area contributed by atoms with E-state index in [0.29, 0.717) is 50.6 Å². The highest BCUT2D eigenvalue weighted by molar-refractivity contribution is 5.88. The number of carbonyl (C=O) groups excluding carboxylic acids is 2. The fourth-order valence-electron chi connectivity index (χ4n) is 6.36. The fraction of sp³-hybridized carbons (Fsp3) is 0.256. The molecule has 256 valence electrons. The van der Waals surface area contributed by atoms with Gasteiger partial charge in [0.1, 0.15) is 34.5 Å². The van der Waals surface area contributed by atoms with Crippen molar-refractivity contribution in [3.8, 4) is 28.4 Å². The fourth-order valence-corrected chi connectivity index (χ4v) is 6.36. The van der Waals surface area contributed by atoms with E-state index >= 15 is 0 Å². The SMILES string of the molecule is O=C(Oc1ccc(-c2coc3cc(OC(=O)N4CCN(Cc5ccccc5)CC4)cc(O)c3c2=O)cc1)N1CCN(Cc2ccccc2)CC1. The first kappa shape index (κ1) is 32.9. The number of nitrogens with zero attached hydrogens (tertiary/aromatic N) is 4. The first-order valence-corrected chi connectivity index (χ1v) is 16.7. The van der Waals surface area contributed by atoms with Gasteiger partial charge >= 0.3 is 12.2 Å². The highest BCUT2D eigenvalue weighted by atomic mass is 16.6. The molecule has 0 saturated carbocycles. The summed E-state index contributed by atoms with van der Waals surface area (Å²) in [4.78, 5) is 47.1. The maximum atomic E-state index is 13.5. The van der Waals surface area contributed by atoms with Crippen LogP contribution in [0, 0.1) is 0 Å². The molecule has 0 aliphatic carbocycles. The lowest BCUT2D eigenvalue weighted by Gasteiger charge is -2.34. The molecule has 4 aromatic carbocycles. The minimum absolute atomic E-state index is 0.0289. The Morgan fingerprint density at radius 1 is 0.640 bits per heavy atom. The van der Waals surface area contributed by atoms with Crippen LogP contribution in [0.2, 0.25) is 0 Å².